The normalized spacial score (nSPS) is 22.7. The maximum absolute atomic E-state index is 12.2. The van der Waals surface area contributed by atoms with Gasteiger partial charge in [0.25, 0.3) is 0 Å². The predicted molar refractivity (Wildman–Crippen MR) is 79.1 cm³/mol. The van der Waals surface area contributed by atoms with Gasteiger partial charge in [-0.2, -0.15) is 0 Å². The fraction of sp³-hybridized carbons (Fsp3) is 0.467. The van der Waals surface area contributed by atoms with Gasteiger partial charge in [-0.05, 0) is 12.1 Å². The molecular weight excluding hydrogens is 270 g/mol. The summed E-state index contributed by atoms with van der Waals surface area (Å²) in [6.07, 6.45) is 0.201. The fourth-order valence-electron chi connectivity index (χ4n) is 2.90. The first-order valence-electron chi connectivity index (χ1n) is 7.18. The Morgan fingerprint density at radius 2 is 1.86 bits per heavy atom. The van der Waals surface area contributed by atoms with E-state index in [1.165, 1.54) is 0 Å². The molecule has 2 N–H and O–H groups in total. The highest BCUT2D eigenvalue weighted by molar-refractivity contribution is 6.02. The van der Waals surface area contributed by atoms with Gasteiger partial charge < -0.3 is 20.3 Å². The number of primary amides is 1. The molecule has 0 aliphatic carbocycles. The third-order valence-corrected chi connectivity index (χ3v) is 4.05. The van der Waals surface area contributed by atoms with E-state index in [0.29, 0.717) is 19.8 Å². The summed E-state index contributed by atoms with van der Waals surface area (Å²) in [5, 5.41) is 0. The third-order valence-electron chi connectivity index (χ3n) is 4.05. The average molecular weight is 289 g/mol. The zero-order valence-corrected chi connectivity index (χ0v) is 11.8. The van der Waals surface area contributed by atoms with Crippen LogP contribution < -0.4 is 15.5 Å². The first-order chi connectivity index (χ1) is 10.2. The van der Waals surface area contributed by atoms with Crippen LogP contribution in [0.1, 0.15) is 6.42 Å². The van der Waals surface area contributed by atoms with Crippen molar-refractivity contribution in [1.29, 1.82) is 0 Å². The van der Waals surface area contributed by atoms with Gasteiger partial charge in [0.2, 0.25) is 11.8 Å². The lowest BCUT2D eigenvalue weighted by Crippen LogP contribution is -2.38. The number of amides is 2. The Balaban J connectivity index is 1.88. The lowest BCUT2D eigenvalue weighted by molar-refractivity contribution is -0.123. The number of nitrogens with two attached hydrogens (primary N) is 1. The molecule has 0 bridgehead atoms. The number of ether oxygens (including phenoxy) is 1. The van der Waals surface area contributed by atoms with Crippen LogP contribution in [-0.2, 0) is 14.3 Å². The van der Waals surface area contributed by atoms with Crippen molar-refractivity contribution >= 4 is 23.2 Å². The number of rotatable bonds is 3. The van der Waals surface area contributed by atoms with Gasteiger partial charge in [-0.1, -0.05) is 12.1 Å². The molecule has 2 fully saturated rings. The van der Waals surface area contributed by atoms with E-state index in [1.807, 2.05) is 24.3 Å². The highest BCUT2D eigenvalue weighted by Crippen LogP contribution is 2.33. The molecule has 6 heteroatoms. The lowest BCUT2D eigenvalue weighted by Gasteiger charge is -2.32. The van der Waals surface area contributed by atoms with E-state index >= 15 is 0 Å². The van der Waals surface area contributed by atoms with E-state index in [2.05, 4.69) is 4.90 Å². The van der Waals surface area contributed by atoms with Crippen molar-refractivity contribution < 1.29 is 14.3 Å². The molecule has 0 saturated carbocycles. The summed E-state index contributed by atoms with van der Waals surface area (Å²) >= 11 is 0. The summed E-state index contributed by atoms with van der Waals surface area (Å²) in [4.78, 5) is 27.4. The number of hydrogen-bond donors (Lipinski definition) is 1. The van der Waals surface area contributed by atoms with E-state index in [4.69, 9.17) is 10.5 Å². The molecule has 112 valence electrons. The Hall–Kier alpha value is -2.08. The second-order valence-electron chi connectivity index (χ2n) is 5.40. The van der Waals surface area contributed by atoms with E-state index in [1.54, 1.807) is 4.90 Å². The van der Waals surface area contributed by atoms with Crippen molar-refractivity contribution in [3.05, 3.63) is 24.3 Å². The summed E-state index contributed by atoms with van der Waals surface area (Å²) in [5.41, 5.74) is 7.20. The topological polar surface area (TPSA) is 75.9 Å². The van der Waals surface area contributed by atoms with Crippen LogP contribution in [0, 0.1) is 5.92 Å². The first kappa shape index (κ1) is 13.9. The Morgan fingerprint density at radius 1 is 1.19 bits per heavy atom. The maximum atomic E-state index is 12.2. The van der Waals surface area contributed by atoms with Crippen molar-refractivity contribution in [2.24, 2.45) is 11.7 Å². The molecular formula is C15H19N3O3. The molecule has 1 atom stereocenters. The minimum absolute atomic E-state index is 0.0421. The number of hydrogen-bond acceptors (Lipinski definition) is 4. The molecule has 2 saturated heterocycles. The van der Waals surface area contributed by atoms with E-state index in [9.17, 15) is 9.59 Å². The molecule has 1 aromatic carbocycles. The quantitative estimate of drug-likeness (QED) is 0.872. The number of benzene rings is 1. The molecule has 21 heavy (non-hydrogen) atoms. The van der Waals surface area contributed by atoms with Crippen molar-refractivity contribution in [3.63, 3.8) is 0 Å². The molecule has 2 aliphatic heterocycles. The van der Waals surface area contributed by atoms with Gasteiger partial charge in [0.15, 0.2) is 0 Å². The third kappa shape index (κ3) is 2.71. The van der Waals surface area contributed by atoms with Crippen molar-refractivity contribution in [2.45, 2.75) is 6.42 Å². The second kappa shape index (κ2) is 5.73. The summed E-state index contributed by atoms with van der Waals surface area (Å²) < 4.78 is 5.37. The minimum atomic E-state index is -0.408. The number of morpholine rings is 1. The number of carbonyl (C=O) groups is 2. The molecule has 1 unspecified atom stereocenters. The Morgan fingerprint density at radius 3 is 2.48 bits per heavy atom. The molecule has 6 nitrogen and oxygen atoms in total. The minimum Gasteiger partial charge on any atom is -0.378 e. The van der Waals surface area contributed by atoms with Crippen molar-refractivity contribution in [1.82, 2.24) is 0 Å². The molecule has 0 spiro atoms. The van der Waals surface area contributed by atoms with E-state index in [-0.39, 0.29) is 12.3 Å². The number of para-hydroxylation sites is 2. The standard InChI is InChI=1S/C15H19N3O3/c16-15(20)11-9-14(19)18(10-11)13-4-2-1-3-12(13)17-5-7-21-8-6-17/h1-4,11H,5-10H2,(H2,16,20). The molecule has 2 aliphatic rings. The lowest BCUT2D eigenvalue weighted by atomic mass is 10.1. The van der Waals surface area contributed by atoms with Crippen LogP contribution in [0.25, 0.3) is 0 Å². The molecule has 0 aromatic heterocycles. The van der Waals surface area contributed by atoms with Gasteiger partial charge in [0.1, 0.15) is 0 Å². The first-order valence-corrected chi connectivity index (χ1v) is 7.18. The zero-order valence-electron chi connectivity index (χ0n) is 11.8. The largest absolute Gasteiger partial charge is 0.378 e. The molecule has 0 radical (unpaired) electrons. The summed E-state index contributed by atoms with van der Waals surface area (Å²) in [6, 6.07) is 7.79. The van der Waals surface area contributed by atoms with Crippen LogP contribution in [0.5, 0.6) is 0 Å². The molecule has 2 heterocycles. The van der Waals surface area contributed by atoms with Gasteiger partial charge in [-0.15, -0.1) is 0 Å². The van der Waals surface area contributed by atoms with Gasteiger partial charge in [-0.3, -0.25) is 9.59 Å². The Kier molecular flexibility index (Phi) is 3.79. The van der Waals surface area contributed by atoms with Crippen LogP contribution in [0.3, 0.4) is 0 Å². The van der Waals surface area contributed by atoms with Gasteiger partial charge >= 0.3 is 0 Å². The Bertz CT molecular complexity index is 555. The highest BCUT2D eigenvalue weighted by Gasteiger charge is 2.35. The summed E-state index contributed by atoms with van der Waals surface area (Å²) in [7, 11) is 0. The monoisotopic (exact) mass is 289 g/mol. The smallest absolute Gasteiger partial charge is 0.227 e. The summed E-state index contributed by atoms with van der Waals surface area (Å²) in [5.74, 6) is -0.843. The van der Waals surface area contributed by atoms with Crippen LogP contribution in [0.4, 0.5) is 11.4 Å². The molecule has 2 amide bonds. The average Bonchev–Trinajstić information content (AvgIpc) is 2.90. The fourth-order valence-corrected chi connectivity index (χ4v) is 2.90. The van der Waals surface area contributed by atoms with Gasteiger partial charge in [-0.25, -0.2) is 0 Å². The summed E-state index contributed by atoms with van der Waals surface area (Å²) in [6.45, 7) is 3.35. The highest BCUT2D eigenvalue weighted by atomic mass is 16.5. The van der Waals surface area contributed by atoms with E-state index < -0.39 is 11.8 Å². The van der Waals surface area contributed by atoms with Crippen LogP contribution in [-0.4, -0.2) is 44.7 Å². The van der Waals surface area contributed by atoms with Crippen LogP contribution >= 0.6 is 0 Å². The Labute approximate surface area is 123 Å². The predicted octanol–water partition coefficient (Wildman–Crippen LogP) is 0.361. The van der Waals surface area contributed by atoms with Gasteiger partial charge in [0, 0.05) is 26.1 Å². The number of nitrogens with zero attached hydrogens (tertiary/aromatic N) is 2. The maximum Gasteiger partial charge on any atom is 0.227 e. The SMILES string of the molecule is NC(=O)C1CC(=O)N(c2ccccc2N2CCOCC2)C1. The number of carbonyl (C=O) groups excluding carboxylic acids is 2. The zero-order chi connectivity index (χ0) is 14.8. The van der Waals surface area contributed by atoms with Crippen LogP contribution in [0.2, 0.25) is 0 Å². The number of anilines is 2. The molecule has 1 aromatic rings. The van der Waals surface area contributed by atoms with Crippen molar-refractivity contribution in [3.8, 4) is 0 Å². The van der Waals surface area contributed by atoms with E-state index in [0.717, 1.165) is 24.5 Å². The van der Waals surface area contributed by atoms with Gasteiger partial charge in [0.05, 0.1) is 30.5 Å². The van der Waals surface area contributed by atoms with Crippen molar-refractivity contribution in [2.75, 3.05) is 42.6 Å². The second-order valence-corrected chi connectivity index (χ2v) is 5.40. The molecule has 3 rings (SSSR count). The van der Waals surface area contributed by atoms with Crippen LogP contribution in [0.15, 0.2) is 24.3 Å².